The van der Waals surface area contributed by atoms with Crippen LogP contribution in [0.15, 0.2) is 35.1 Å². The van der Waals surface area contributed by atoms with E-state index < -0.39 is 69.7 Å². The number of aromatic nitrogens is 3. The maximum absolute atomic E-state index is 15.1. The third-order valence-corrected chi connectivity index (χ3v) is 5.10. The maximum atomic E-state index is 15.1. The summed E-state index contributed by atoms with van der Waals surface area (Å²) in [6, 6.07) is 4.45. The van der Waals surface area contributed by atoms with E-state index in [9.17, 15) is 31.5 Å². The van der Waals surface area contributed by atoms with E-state index in [0.29, 0.717) is 34.4 Å². The Morgan fingerprint density at radius 3 is 2.43 bits per heavy atom. The summed E-state index contributed by atoms with van der Waals surface area (Å²) in [6.45, 7) is 0.611. The van der Waals surface area contributed by atoms with Crippen LogP contribution in [0.25, 0.3) is 17.6 Å². The van der Waals surface area contributed by atoms with Crippen molar-refractivity contribution in [3.8, 4) is 11.4 Å². The van der Waals surface area contributed by atoms with Crippen LogP contribution in [0, 0.1) is 11.6 Å². The highest BCUT2D eigenvalue weighted by atomic mass is 35.5. The first-order valence-electron chi connectivity index (χ1n) is 9.57. The lowest BCUT2D eigenvalue weighted by atomic mass is 10.1. The van der Waals surface area contributed by atoms with E-state index in [1.165, 1.54) is 12.1 Å². The molecule has 1 amide bonds. The molecule has 7 nitrogen and oxygen atoms in total. The second-order valence-corrected chi connectivity index (χ2v) is 7.58. The summed E-state index contributed by atoms with van der Waals surface area (Å²) in [5.41, 5.74) is 1.99. The lowest BCUT2D eigenvalue weighted by molar-refractivity contribution is -0.189. The molecular formula is C21H15ClF6N4O3. The highest BCUT2D eigenvalue weighted by Gasteiger charge is 2.39. The first-order valence-corrected chi connectivity index (χ1v) is 9.94. The molecule has 0 bridgehead atoms. The zero-order valence-corrected chi connectivity index (χ0v) is 18.6. The molecule has 0 saturated carbocycles. The molecule has 0 saturated heterocycles. The van der Waals surface area contributed by atoms with Gasteiger partial charge in [0.15, 0.2) is 6.10 Å². The van der Waals surface area contributed by atoms with Crippen LogP contribution in [0.3, 0.4) is 0 Å². The summed E-state index contributed by atoms with van der Waals surface area (Å²) in [6.07, 6.45) is -6.84. The summed E-state index contributed by atoms with van der Waals surface area (Å²) in [5, 5.41) is 3.35. The minimum Gasteiger partial charge on any atom is -0.480 e. The van der Waals surface area contributed by atoms with Crippen molar-refractivity contribution in [1.82, 2.24) is 14.3 Å². The predicted octanol–water partition coefficient (Wildman–Crippen LogP) is 4.40. The largest absolute Gasteiger partial charge is 0.480 e. The third-order valence-electron chi connectivity index (χ3n) is 4.77. The Hall–Kier alpha value is -3.74. The van der Waals surface area contributed by atoms with Gasteiger partial charge in [0.05, 0.1) is 10.6 Å². The van der Waals surface area contributed by atoms with Gasteiger partial charge in [0.25, 0.3) is 5.91 Å². The van der Waals surface area contributed by atoms with Gasteiger partial charge >= 0.3 is 11.9 Å². The van der Waals surface area contributed by atoms with E-state index in [0.717, 1.165) is 13.1 Å². The van der Waals surface area contributed by atoms with Gasteiger partial charge in [0.2, 0.25) is 5.82 Å². The molecule has 3 aromatic rings. The molecule has 186 valence electrons. The fourth-order valence-electron chi connectivity index (χ4n) is 2.91. The molecule has 35 heavy (non-hydrogen) atoms. The zero-order chi connectivity index (χ0) is 26.2. The summed E-state index contributed by atoms with van der Waals surface area (Å²) in [7, 11) is 1.10. The van der Waals surface area contributed by atoms with Crippen molar-refractivity contribution in [1.29, 1.82) is 0 Å². The lowest BCUT2D eigenvalue weighted by Gasteiger charge is -2.20. The van der Waals surface area contributed by atoms with Crippen molar-refractivity contribution >= 4 is 29.4 Å². The first-order chi connectivity index (χ1) is 16.2. The summed E-state index contributed by atoms with van der Waals surface area (Å²) in [4.78, 5) is 23.8. The van der Waals surface area contributed by atoms with Gasteiger partial charge in [0, 0.05) is 18.7 Å². The Labute approximate surface area is 198 Å². The molecule has 0 aliphatic carbocycles. The molecular weight excluding hydrogens is 506 g/mol. The number of nitrogens with two attached hydrogens (primary N) is 1. The summed E-state index contributed by atoms with van der Waals surface area (Å²) < 4.78 is 89.4. The number of nitrogens with zero attached hydrogens (tertiary/aromatic N) is 3. The summed E-state index contributed by atoms with van der Waals surface area (Å²) >= 11 is 5.85. The van der Waals surface area contributed by atoms with Gasteiger partial charge in [-0.3, -0.25) is 9.36 Å². The molecule has 1 aromatic heterocycles. The molecule has 14 heteroatoms. The number of carbonyl (C=O) groups is 1. The molecule has 2 aromatic carbocycles. The van der Waals surface area contributed by atoms with Crippen molar-refractivity contribution in [2.24, 2.45) is 12.8 Å². The number of hydrogen-bond donors (Lipinski definition) is 1. The number of hydrogen-bond acceptors (Lipinski definition) is 4. The predicted molar refractivity (Wildman–Crippen MR) is 114 cm³/mol. The van der Waals surface area contributed by atoms with Crippen LogP contribution in [0.1, 0.15) is 28.7 Å². The monoisotopic (exact) mass is 520 g/mol. The molecule has 2 N–H and O–H groups in total. The number of primary amides is 1. The van der Waals surface area contributed by atoms with E-state index in [1.807, 2.05) is 0 Å². The molecule has 0 radical (unpaired) electrons. The topological polar surface area (TPSA) is 92.1 Å². The van der Waals surface area contributed by atoms with Crippen LogP contribution < -0.4 is 16.2 Å². The van der Waals surface area contributed by atoms with E-state index in [1.54, 1.807) is 0 Å². The lowest BCUT2D eigenvalue weighted by Crippen LogP contribution is -2.31. The van der Waals surface area contributed by atoms with Crippen molar-refractivity contribution in [2.45, 2.75) is 19.2 Å². The number of rotatable bonds is 6. The number of benzene rings is 2. The smallest absolute Gasteiger partial charge is 0.425 e. The molecule has 0 aliphatic rings. The molecule has 0 unspecified atom stereocenters. The Balaban J connectivity index is 2.25. The standard InChI is InChI=1S/C21H15ClF6N4O3/c1-9(21(26,27)28)35-17-8-16(32-20(34)31(2)19(30-32)18(29)33)15(25)7-11(17)14(24)6-10-12(22)4-3-5-13(10)23/h3-9H,1-2H3,(H2,29,33)/b14-6-/t9-/m0/s1. The molecule has 0 fully saturated rings. The summed E-state index contributed by atoms with van der Waals surface area (Å²) in [5.74, 6) is -6.24. The minimum atomic E-state index is -4.90. The Morgan fingerprint density at radius 1 is 1.23 bits per heavy atom. The van der Waals surface area contributed by atoms with Crippen LogP contribution in [0.4, 0.5) is 26.3 Å². The molecule has 1 atom stereocenters. The second-order valence-electron chi connectivity index (χ2n) is 7.17. The van der Waals surface area contributed by atoms with E-state index in [2.05, 4.69) is 5.10 Å². The number of carbonyl (C=O) groups excluding carboxylic acids is 1. The van der Waals surface area contributed by atoms with Gasteiger partial charge in [-0.15, -0.1) is 5.10 Å². The fraction of sp³-hybridized carbons (Fsp3) is 0.190. The molecule has 1 heterocycles. The number of alkyl halides is 3. The van der Waals surface area contributed by atoms with Crippen LogP contribution in [-0.2, 0) is 7.05 Å². The Morgan fingerprint density at radius 2 is 1.89 bits per heavy atom. The van der Waals surface area contributed by atoms with Crippen LogP contribution >= 0.6 is 11.6 Å². The van der Waals surface area contributed by atoms with E-state index in [4.69, 9.17) is 22.1 Å². The van der Waals surface area contributed by atoms with Crippen molar-refractivity contribution in [2.75, 3.05) is 0 Å². The SMILES string of the molecule is C[C@H](Oc1cc(-n2nc(C(N)=O)n(C)c2=O)c(F)cc1/C(F)=C/c1c(F)cccc1Cl)C(F)(F)F. The van der Waals surface area contributed by atoms with Gasteiger partial charge in [-0.2, -0.15) is 17.9 Å². The zero-order valence-electron chi connectivity index (χ0n) is 17.8. The first kappa shape index (κ1) is 25.9. The second kappa shape index (κ2) is 9.49. The Kier molecular flexibility index (Phi) is 7.01. The van der Waals surface area contributed by atoms with Crippen LogP contribution in [0.2, 0.25) is 5.02 Å². The average Bonchev–Trinajstić information content (AvgIpc) is 3.05. The Bertz CT molecular complexity index is 1380. The van der Waals surface area contributed by atoms with Crippen molar-refractivity contribution < 1.29 is 35.9 Å². The quantitative estimate of drug-likeness (QED) is 0.385. The normalized spacial score (nSPS) is 13.1. The van der Waals surface area contributed by atoms with Gasteiger partial charge in [-0.1, -0.05) is 17.7 Å². The van der Waals surface area contributed by atoms with Crippen LogP contribution in [0.5, 0.6) is 5.75 Å². The number of amides is 1. The fourth-order valence-corrected chi connectivity index (χ4v) is 3.13. The number of halogens is 7. The number of ether oxygens (including phenoxy) is 1. The van der Waals surface area contributed by atoms with Crippen molar-refractivity contribution in [3.05, 3.63) is 74.4 Å². The van der Waals surface area contributed by atoms with Gasteiger partial charge in [-0.25, -0.2) is 18.0 Å². The highest BCUT2D eigenvalue weighted by Crippen LogP contribution is 2.36. The molecule has 0 aliphatic heterocycles. The van der Waals surface area contributed by atoms with E-state index in [-0.39, 0.29) is 5.02 Å². The maximum Gasteiger partial charge on any atom is 0.425 e. The molecule has 3 rings (SSSR count). The van der Waals surface area contributed by atoms with Crippen LogP contribution in [-0.4, -0.2) is 32.5 Å². The average molecular weight is 521 g/mol. The van der Waals surface area contributed by atoms with Gasteiger partial charge in [-0.05, 0) is 31.2 Å². The van der Waals surface area contributed by atoms with Gasteiger partial charge < -0.3 is 10.5 Å². The van der Waals surface area contributed by atoms with Gasteiger partial charge in [0.1, 0.15) is 28.9 Å². The third kappa shape index (κ3) is 5.19. The molecule has 0 spiro atoms. The van der Waals surface area contributed by atoms with Crippen molar-refractivity contribution in [3.63, 3.8) is 0 Å². The minimum absolute atomic E-state index is 0.220. The highest BCUT2D eigenvalue weighted by molar-refractivity contribution is 6.32. The van der Waals surface area contributed by atoms with E-state index >= 15 is 4.39 Å².